The van der Waals surface area contributed by atoms with Gasteiger partial charge in [-0.05, 0) is 31.2 Å². The number of hydrogen-bond acceptors (Lipinski definition) is 4. The number of thiophene rings is 1. The van der Waals surface area contributed by atoms with Gasteiger partial charge in [0.05, 0.1) is 6.54 Å². The van der Waals surface area contributed by atoms with E-state index >= 15 is 0 Å². The Morgan fingerprint density at radius 2 is 2.26 bits per heavy atom. The minimum Gasteiger partial charge on any atom is -0.336 e. The fourth-order valence-electron chi connectivity index (χ4n) is 2.92. The first-order valence-corrected chi connectivity index (χ1v) is 9.03. The summed E-state index contributed by atoms with van der Waals surface area (Å²) in [6.07, 6.45) is 4.02. The molecule has 0 bridgehead atoms. The van der Waals surface area contributed by atoms with Gasteiger partial charge in [-0.25, -0.2) is 9.48 Å². The summed E-state index contributed by atoms with van der Waals surface area (Å²) >= 11 is 1.64. The van der Waals surface area contributed by atoms with Crippen LogP contribution in [0.2, 0.25) is 0 Å². The minimum atomic E-state index is -0.151. The van der Waals surface area contributed by atoms with Gasteiger partial charge in [0.1, 0.15) is 12.4 Å². The van der Waals surface area contributed by atoms with Crippen LogP contribution in [0.5, 0.6) is 0 Å². The van der Waals surface area contributed by atoms with Crippen molar-refractivity contribution in [3.8, 4) is 0 Å². The molecule has 0 N–H and O–H groups in total. The standard InChI is InChI=1S/C16H22N4O2S/c1-2-18(11-13-7-6-10-23-13)15(21)12-20-16(22)19-9-5-3-4-8-14(19)17-20/h6-7,10H,2-5,8-9,11-12H2,1H3. The molecule has 6 nitrogen and oxygen atoms in total. The summed E-state index contributed by atoms with van der Waals surface area (Å²) in [6.45, 7) is 3.91. The van der Waals surface area contributed by atoms with Crippen LogP contribution in [0.25, 0.3) is 0 Å². The third-order valence-corrected chi connectivity index (χ3v) is 5.09. The Labute approximate surface area is 139 Å². The zero-order chi connectivity index (χ0) is 16.2. The summed E-state index contributed by atoms with van der Waals surface area (Å²) in [5.74, 6) is 0.762. The summed E-state index contributed by atoms with van der Waals surface area (Å²) in [4.78, 5) is 27.9. The summed E-state index contributed by atoms with van der Waals surface area (Å²) in [5, 5.41) is 6.39. The third kappa shape index (κ3) is 3.55. The van der Waals surface area contributed by atoms with Gasteiger partial charge in [0.25, 0.3) is 0 Å². The van der Waals surface area contributed by atoms with E-state index in [2.05, 4.69) is 5.10 Å². The quantitative estimate of drug-likeness (QED) is 0.839. The van der Waals surface area contributed by atoms with Gasteiger partial charge in [-0.1, -0.05) is 12.5 Å². The molecule has 1 amide bonds. The van der Waals surface area contributed by atoms with Gasteiger partial charge in [-0.3, -0.25) is 9.36 Å². The lowest BCUT2D eigenvalue weighted by atomic mass is 10.2. The van der Waals surface area contributed by atoms with Crippen LogP contribution in [0.4, 0.5) is 0 Å². The smallest absolute Gasteiger partial charge is 0.336 e. The molecule has 3 heterocycles. The number of carbonyl (C=O) groups excluding carboxylic acids is 1. The topological polar surface area (TPSA) is 60.1 Å². The van der Waals surface area contributed by atoms with Crippen LogP contribution in [-0.2, 0) is 30.8 Å². The van der Waals surface area contributed by atoms with Gasteiger partial charge in [0.15, 0.2) is 0 Å². The molecule has 0 spiro atoms. The number of aromatic nitrogens is 3. The SMILES string of the molecule is CCN(Cc1cccs1)C(=O)Cn1nc2n(c1=O)CCCCC2. The van der Waals surface area contributed by atoms with E-state index < -0.39 is 0 Å². The molecule has 0 aliphatic carbocycles. The van der Waals surface area contributed by atoms with Crippen LogP contribution >= 0.6 is 11.3 Å². The maximum Gasteiger partial charge on any atom is 0.346 e. The second-order valence-corrected chi connectivity index (χ2v) is 6.84. The van der Waals surface area contributed by atoms with E-state index in [0.717, 1.165) is 42.9 Å². The number of aryl methyl sites for hydroxylation is 1. The fourth-order valence-corrected chi connectivity index (χ4v) is 3.64. The predicted octanol–water partition coefficient (Wildman–Crippen LogP) is 1.88. The van der Waals surface area contributed by atoms with E-state index in [1.807, 2.05) is 24.4 Å². The Bertz CT molecular complexity index is 717. The Hall–Kier alpha value is -1.89. The molecule has 23 heavy (non-hydrogen) atoms. The lowest BCUT2D eigenvalue weighted by molar-refractivity contribution is -0.132. The van der Waals surface area contributed by atoms with Crippen LogP contribution in [0.1, 0.15) is 36.9 Å². The summed E-state index contributed by atoms with van der Waals surface area (Å²) < 4.78 is 3.07. The second kappa shape index (κ2) is 7.12. The molecule has 3 rings (SSSR count). The first-order chi connectivity index (χ1) is 11.2. The number of hydrogen-bond donors (Lipinski definition) is 0. The zero-order valence-corrected chi connectivity index (χ0v) is 14.2. The number of carbonyl (C=O) groups is 1. The van der Waals surface area contributed by atoms with Gasteiger partial charge < -0.3 is 4.90 Å². The number of nitrogens with zero attached hydrogens (tertiary/aromatic N) is 4. The molecule has 7 heteroatoms. The van der Waals surface area contributed by atoms with E-state index in [4.69, 9.17) is 0 Å². The Kier molecular flexibility index (Phi) is 4.95. The Balaban J connectivity index is 1.73. The first kappa shape index (κ1) is 16.0. The number of fused-ring (bicyclic) bond motifs is 1. The highest BCUT2D eigenvalue weighted by atomic mass is 32.1. The normalized spacial score (nSPS) is 14.3. The molecular weight excluding hydrogens is 312 g/mol. The van der Waals surface area contributed by atoms with Crippen molar-refractivity contribution < 1.29 is 4.79 Å². The summed E-state index contributed by atoms with van der Waals surface area (Å²) in [6, 6.07) is 4.00. The van der Waals surface area contributed by atoms with E-state index in [0.29, 0.717) is 13.1 Å². The van der Waals surface area contributed by atoms with E-state index in [1.54, 1.807) is 20.8 Å². The molecule has 0 unspecified atom stereocenters. The minimum absolute atomic E-state index is 0.0258. The number of likely N-dealkylation sites (N-methyl/N-ethyl adjacent to an activating group) is 1. The summed E-state index contributed by atoms with van der Waals surface area (Å²) in [5.41, 5.74) is -0.151. The van der Waals surface area contributed by atoms with Crippen molar-refractivity contribution in [1.29, 1.82) is 0 Å². The summed E-state index contributed by atoms with van der Waals surface area (Å²) in [7, 11) is 0. The van der Waals surface area contributed by atoms with Crippen molar-refractivity contribution in [2.45, 2.75) is 52.2 Å². The monoisotopic (exact) mass is 334 g/mol. The molecule has 1 aliphatic heterocycles. The van der Waals surface area contributed by atoms with Crippen molar-refractivity contribution in [2.24, 2.45) is 0 Å². The van der Waals surface area contributed by atoms with E-state index in [-0.39, 0.29) is 18.1 Å². The highest BCUT2D eigenvalue weighted by Crippen LogP contribution is 2.13. The molecule has 0 aromatic carbocycles. The largest absolute Gasteiger partial charge is 0.346 e. The molecular formula is C16H22N4O2S. The average Bonchev–Trinajstić information content (AvgIpc) is 3.08. The molecule has 0 atom stereocenters. The van der Waals surface area contributed by atoms with Gasteiger partial charge in [-0.15, -0.1) is 11.3 Å². The second-order valence-electron chi connectivity index (χ2n) is 5.81. The molecule has 124 valence electrons. The molecule has 0 saturated carbocycles. The van der Waals surface area contributed by atoms with Crippen molar-refractivity contribution in [1.82, 2.24) is 19.2 Å². The van der Waals surface area contributed by atoms with Crippen LogP contribution in [-0.4, -0.2) is 31.7 Å². The zero-order valence-electron chi connectivity index (χ0n) is 13.4. The molecule has 0 saturated heterocycles. The molecule has 0 fully saturated rings. The van der Waals surface area contributed by atoms with Crippen molar-refractivity contribution >= 4 is 17.2 Å². The third-order valence-electron chi connectivity index (χ3n) is 4.23. The van der Waals surface area contributed by atoms with E-state index in [1.165, 1.54) is 4.68 Å². The van der Waals surface area contributed by atoms with Crippen LogP contribution in [0.15, 0.2) is 22.3 Å². The maximum absolute atomic E-state index is 12.5. The van der Waals surface area contributed by atoms with Crippen molar-refractivity contribution in [3.05, 3.63) is 38.7 Å². The predicted molar refractivity (Wildman–Crippen MR) is 89.5 cm³/mol. The van der Waals surface area contributed by atoms with Crippen LogP contribution in [0.3, 0.4) is 0 Å². The van der Waals surface area contributed by atoms with Crippen molar-refractivity contribution in [3.63, 3.8) is 0 Å². The Morgan fingerprint density at radius 3 is 3.00 bits per heavy atom. The van der Waals surface area contributed by atoms with E-state index in [9.17, 15) is 9.59 Å². The number of amides is 1. The highest BCUT2D eigenvalue weighted by Gasteiger charge is 2.19. The van der Waals surface area contributed by atoms with Gasteiger partial charge in [-0.2, -0.15) is 5.10 Å². The molecule has 0 radical (unpaired) electrons. The fraction of sp³-hybridized carbons (Fsp3) is 0.562. The lowest BCUT2D eigenvalue weighted by Crippen LogP contribution is -2.36. The van der Waals surface area contributed by atoms with Crippen LogP contribution < -0.4 is 5.69 Å². The highest BCUT2D eigenvalue weighted by molar-refractivity contribution is 7.09. The molecule has 2 aromatic heterocycles. The molecule has 2 aromatic rings. The first-order valence-electron chi connectivity index (χ1n) is 8.15. The number of rotatable bonds is 5. The maximum atomic E-state index is 12.5. The van der Waals surface area contributed by atoms with Gasteiger partial charge >= 0.3 is 5.69 Å². The van der Waals surface area contributed by atoms with Crippen molar-refractivity contribution in [2.75, 3.05) is 6.54 Å². The van der Waals surface area contributed by atoms with Gasteiger partial charge in [0, 0.05) is 24.4 Å². The van der Waals surface area contributed by atoms with Gasteiger partial charge in [0.2, 0.25) is 5.91 Å². The average molecular weight is 334 g/mol. The molecule has 1 aliphatic rings. The lowest BCUT2D eigenvalue weighted by Gasteiger charge is -2.19. The van der Waals surface area contributed by atoms with Crippen LogP contribution in [0, 0.1) is 0 Å². The Morgan fingerprint density at radius 1 is 1.39 bits per heavy atom.